The molecule has 0 unspecified atom stereocenters. The summed E-state index contributed by atoms with van der Waals surface area (Å²) in [6.45, 7) is 3.76. The van der Waals surface area contributed by atoms with Crippen LogP contribution in [-0.2, 0) is 4.74 Å². The molecule has 4 heteroatoms. The Balaban J connectivity index is 2.33. The second kappa shape index (κ2) is 6.24. The maximum absolute atomic E-state index is 12.8. The zero-order valence-corrected chi connectivity index (χ0v) is 8.83. The number of ether oxygens (including phenoxy) is 2. The topological polar surface area (TPSA) is 44.5 Å². The standard InChI is InChI=1S/C11H16FNO2/c1-2-14-6-3-7-15-11-8-9(12)4-5-10(11)13/h4-5,8H,2-3,6-7,13H2,1H3. The first-order chi connectivity index (χ1) is 7.24. The fourth-order valence-electron chi connectivity index (χ4n) is 1.12. The van der Waals surface area contributed by atoms with E-state index in [-0.39, 0.29) is 5.82 Å². The molecule has 1 aromatic carbocycles. The third-order valence-corrected chi connectivity index (χ3v) is 1.87. The number of rotatable bonds is 6. The van der Waals surface area contributed by atoms with E-state index in [1.807, 2.05) is 6.92 Å². The molecular formula is C11H16FNO2. The summed E-state index contributed by atoms with van der Waals surface area (Å²) in [7, 11) is 0. The number of nitrogens with two attached hydrogens (primary N) is 1. The van der Waals surface area contributed by atoms with Crippen LogP contribution in [0.1, 0.15) is 13.3 Å². The lowest BCUT2D eigenvalue weighted by Crippen LogP contribution is -2.04. The van der Waals surface area contributed by atoms with E-state index in [1.54, 1.807) is 0 Å². The van der Waals surface area contributed by atoms with E-state index in [0.29, 0.717) is 31.3 Å². The molecule has 0 bridgehead atoms. The van der Waals surface area contributed by atoms with E-state index in [0.717, 1.165) is 6.42 Å². The lowest BCUT2D eigenvalue weighted by molar-refractivity contribution is 0.131. The molecule has 0 aliphatic carbocycles. The molecule has 1 aromatic rings. The second-order valence-electron chi connectivity index (χ2n) is 3.08. The molecule has 0 saturated heterocycles. The molecule has 2 N–H and O–H groups in total. The minimum absolute atomic E-state index is 0.344. The van der Waals surface area contributed by atoms with Crippen LogP contribution in [0.5, 0.6) is 5.75 Å². The number of hydrogen-bond acceptors (Lipinski definition) is 3. The average Bonchev–Trinajstić information content (AvgIpc) is 2.23. The van der Waals surface area contributed by atoms with Crippen LogP contribution in [0.15, 0.2) is 18.2 Å². The molecular weight excluding hydrogens is 197 g/mol. The van der Waals surface area contributed by atoms with Gasteiger partial charge in [-0.25, -0.2) is 4.39 Å². The van der Waals surface area contributed by atoms with E-state index < -0.39 is 0 Å². The number of nitrogen functional groups attached to an aromatic ring is 1. The Bertz CT molecular complexity index is 305. The Morgan fingerprint density at radius 2 is 2.13 bits per heavy atom. The molecule has 0 aromatic heterocycles. The number of anilines is 1. The zero-order valence-electron chi connectivity index (χ0n) is 8.83. The lowest BCUT2D eigenvalue weighted by atomic mass is 10.3. The molecule has 15 heavy (non-hydrogen) atoms. The first-order valence-corrected chi connectivity index (χ1v) is 4.99. The van der Waals surface area contributed by atoms with Gasteiger partial charge >= 0.3 is 0 Å². The van der Waals surface area contributed by atoms with Gasteiger partial charge in [-0.2, -0.15) is 0 Å². The smallest absolute Gasteiger partial charge is 0.145 e. The summed E-state index contributed by atoms with van der Waals surface area (Å²) in [5, 5.41) is 0. The van der Waals surface area contributed by atoms with Gasteiger partial charge in [0.05, 0.1) is 12.3 Å². The van der Waals surface area contributed by atoms with Crippen molar-refractivity contribution >= 4 is 5.69 Å². The second-order valence-corrected chi connectivity index (χ2v) is 3.08. The van der Waals surface area contributed by atoms with Crippen LogP contribution in [-0.4, -0.2) is 19.8 Å². The lowest BCUT2D eigenvalue weighted by Gasteiger charge is -2.08. The van der Waals surface area contributed by atoms with Crippen LogP contribution >= 0.6 is 0 Å². The Morgan fingerprint density at radius 1 is 1.33 bits per heavy atom. The molecule has 1 rings (SSSR count). The fourth-order valence-corrected chi connectivity index (χ4v) is 1.12. The summed E-state index contributed by atoms with van der Waals surface area (Å²) in [4.78, 5) is 0. The van der Waals surface area contributed by atoms with Crippen molar-refractivity contribution in [2.75, 3.05) is 25.6 Å². The van der Waals surface area contributed by atoms with Crippen LogP contribution in [0.3, 0.4) is 0 Å². The largest absolute Gasteiger partial charge is 0.491 e. The maximum Gasteiger partial charge on any atom is 0.145 e. The van der Waals surface area contributed by atoms with Crippen LogP contribution in [0.2, 0.25) is 0 Å². The van der Waals surface area contributed by atoms with E-state index in [4.69, 9.17) is 15.2 Å². The van der Waals surface area contributed by atoms with Crippen molar-refractivity contribution in [3.8, 4) is 5.75 Å². The van der Waals surface area contributed by atoms with Crippen molar-refractivity contribution in [1.82, 2.24) is 0 Å². The summed E-state index contributed by atoms with van der Waals surface area (Å²) >= 11 is 0. The van der Waals surface area contributed by atoms with Gasteiger partial charge in [-0.1, -0.05) is 0 Å². The highest BCUT2D eigenvalue weighted by molar-refractivity contribution is 5.52. The van der Waals surface area contributed by atoms with Crippen LogP contribution < -0.4 is 10.5 Å². The molecule has 0 aliphatic rings. The third kappa shape index (κ3) is 4.16. The highest BCUT2D eigenvalue weighted by atomic mass is 19.1. The van der Waals surface area contributed by atoms with Gasteiger partial charge in [0.1, 0.15) is 11.6 Å². The van der Waals surface area contributed by atoms with E-state index in [9.17, 15) is 4.39 Å². The van der Waals surface area contributed by atoms with Gasteiger partial charge in [-0.15, -0.1) is 0 Å². The predicted octanol–water partition coefficient (Wildman–Crippen LogP) is 2.21. The van der Waals surface area contributed by atoms with Crippen molar-refractivity contribution in [3.05, 3.63) is 24.0 Å². The SMILES string of the molecule is CCOCCCOc1cc(F)ccc1N. The number of halogens is 1. The Labute approximate surface area is 89.0 Å². The molecule has 0 atom stereocenters. The first kappa shape index (κ1) is 11.8. The van der Waals surface area contributed by atoms with E-state index >= 15 is 0 Å². The fraction of sp³-hybridized carbons (Fsp3) is 0.455. The number of benzene rings is 1. The molecule has 0 radical (unpaired) electrons. The Kier molecular flexibility index (Phi) is 4.90. The minimum atomic E-state index is -0.344. The molecule has 84 valence electrons. The minimum Gasteiger partial charge on any atom is -0.491 e. The summed E-state index contributed by atoms with van der Waals surface area (Å²) in [5.41, 5.74) is 6.06. The number of hydrogen-bond donors (Lipinski definition) is 1. The van der Waals surface area contributed by atoms with Gasteiger partial charge in [0.15, 0.2) is 0 Å². The van der Waals surface area contributed by atoms with Crippen molar-refractivity contribution in [2.45, 2.75) is 13.3 Å². The van der Waals surface area contributed by atoms with Crippen molar-refractivity contribution in [2.24, 2.45) is 0 Å². The average molecular weight is 213 g/mol. The quantitative estimate of drug-likeness (QED) is 0.582. The molecule has 0 spiro atoms. The molecule has 3 nitrogen and oxygen atoms in total. The summed E-state index contributed by atoms with van der Waals surface area (Å²) in [5.74, 6) is 0.0514. The zero-order chi connectivity index (χ0) is 11.1. The molecule has 0 heterocycles. The van der Waals surface area contributed by atoms with Crippen LogP contribution in [0.25, 0.3) is 0 Å². The molecule has 0 aliphatic heterocycles. The molecule has 0 fully saturated rings. The first-order valence-electron chi connectivity index (χ1n) is 4.99. The van der Waals surface area contributed by atoms with Gasteiger partial charge in [0.25, 0.3) is 0 Å². The normalized spacial score (nSPS) is 10.3. The summed E-state index contributed by atoms with van der Waals surface area (Å²) in [6, 6.07) is 4.09. The third-order valence-electron chi connectivity index (χ3n) is 1.87. The van der Waals surface area contributed by atoms with Gasteiger partial charge in [0.2, 0.25) is 0 Å². The Hall–Kier alpha value is -1.29. The highest BCUT2D eigenvalue weighted by Gasteiger charge is 2.01. The van der Waals surface area contributed by atoms with Crippen LogP contribution in [0.4, 0.5) is 10.1 Å². The van der Waals surface area contributed by atoms with Gasteiger partial charge in [-0.3, -0.25) is 0 Å². The van der Waals surface area contributed by atoms with Gasteiger partial charge in [0, 0.05) is 25.7 Å². The van der Waals surface area contributed by atoms with Crippen molar-refractivity contribution < 1.29 is 13.9 Å². The highest BCUT2D eigenvalue weighted by Crippen LogP contribution is 2.21. The van der Waals surface area contributed by atoms with Gasteiger partial charge < -0.3 is 15.2 Å². The maximum atomic E-state index is 12.8. The molecule has 0 amide bonds. The predicted molar refractivity (Wildman–Crippen MR) is 57.4 cm³/mol. The van der Waals surface area contributed by atoms with Crippen molar-refractivity contribution in [1.29, 1.82) is 0 Å². The molecule has 0 saturated carbocycles. The Morgan fingerprint density at radius 3 is 2.87 bits per heavy atom. The van der Waals surface area contributed by atoms with Gasteiger partial charge in [-0.05, 0) is 19.1 Å². The van der Waals surface area contributed by atoms with E-state index in [1.165, 1.54) is 18.2 Å². The monoisotopic (exact) mass is 213 g/mol. The van der Waals surface area contributed by atoms with E-state index in [2.05, 4.69) is 0 Å². The van der Waals surface area contributed by atoms with Crippen molar-refractivity contribution in [3.63, 3.8) is 0 Å². The summed E-state index contributed by atoms with van der Waals surface area (Å²) in [6.07, 6.45) is 0.768. The summed E-state index contributed by atoms with van der Waals surface area (Å²) < 4.78 is 23.3. The van der Waals surface area contributed by atoms with Crippen LogP contribution in [0, 0.1) is 5.82 Å².